The molecule has 17 heavy (non-hydrogen) atoms. The number of carbonyl (C=O) groups is 1. The average Bonchev–Trinajstić information content (AvgIpc) is 2.70. The molecule has 2 amide bonds. The van der Waals surface area contributed by atoms with Gasteiger partial charge in [-0.15, -0.1) is 0 Å². The molecular formula is C12H14N4O. The fourth-order valence-electron chi connectivity index (χ4n) is 1.98. The van der Waals surface area contributed by atoms with Gasteiger partial charge in [0.2, 0.25) is 0 Å². The van der Waals surface area contributed by atoms with Crippen molar-refractivity contribution in [1.82, 2.24) is 5.32 Å². The molecule has 5 heteroatoms. The fourth-order valence-corrected chi connectivity index (χ4v) is 1.98. The van der Waals surface area contributed by atoms with Crippen molar-refractivity contribution >= 4 is 11.7 Å². The second kappa shape index (κ2) is 4.85. The highest BCUT2D eigenvalue weighted by atomic mass is 16.2. The van der Waals surface area contributed by atoms with Crippen LogP contribution >= 0.6 is 0 Å². The fraction of sp³-hybridized carbons (Fsp3) is 0.333. The summed E-state index contributed by atoms with van der Waals surface area (Å²) in [6, 6.07) is 9.09. The summed E-state index contributed by atoms with van der Waals surface area (Å²) in [5.74, 6) is 0. The Balaban J connectivity index is 2.23. The molecule has 3 N–H and O–H groups in total. The van der Waals surface area contributed by atoms with Crippen LogP contribution in [-0.2, 0) is 0 Å². The molecule has 0 bridgehead atoms. The Bertz CT molecular complexity index is 466. The van der Waals surface area contributed by atoms with E-state index in [2.05, 4.69) is 11.4 Å². The van der Waals surface area contributed by atoms with Crippen LogP contribution in [0.4, 0.5) is 10.5 Å². The van der Waals surface area contributed by atoms with Crippen molar-refractivity contribution in [2.24, 2.45) is 5.73 Å². The maximum atomic E-state index is 11.8. The topological polar surface area (TPSA) is 82.2 Å². The minimum absolute atomic E-state index is 0.0687. The number of amides is 2. The highest BCUT2D eigenvalue weighted by Crippen LogP contribution is 2.23. The summed E-state index contributed by atoms with van der Waals surface area (Å²) in [6.45, 7) is 1.10. The van der Waals surface area contributed by atoms with Gasteiger partial charge in [0.15, 0.2) is 0 Å². The van der Waals surface area contributed by atoms with Crippen molar-refractivity contribution < 1.29 is 4.79 Å². The molecule has 0 radical (unpaired) electrons. The minimum Gasteiger partial charge on any atom is -0.333 e. The van der Waals surface area contributed by atoms with Crippen molar-refractivity contribution in [3.63, 3.8) is 0 Å². The zero-order chi connectivity index (χ0) is 12.3. The van der Waals surface area contributed by atoms with Gasteiger partial charge < -0.3 is 11.1 Å². The summed E-state index contributed by atoms with van der Waals surface area (Å²) in [4.78, 5) is 13.4. The minimum atomic E-state index is -0.161. The van der Waals surface area contributed by atoms with Crippen molar-refractivity contribution in [1.29, 1.82) is 5.26 Å². The molecule has 1 atom stereocenters. The zero-order valence-corrected chi connectivity index (χ0v) is 9.39. The lowest BCUT2D eigenvalue weighted by molar-refractivity contribution is 0.250. The number of hydrogen-bond acceptors (Lipinski definition) is 3. The first kappa shape index (κ1) is 11.4. The van der Waals surface area contributed by atoms with E-state index in [1.54, 1.807) is 23.1 Å². The molecule has 1 heterocycles. The monoisotopic (exact) mass is 230 g/mol. The molecule has 88 valence electrons. The number of rotatable bonds is 3. The molecule has 2 rings (SSSR count). The van der Waals surface area contributed by atoms with Gasteiger partial charge in [0.25, 0.3) is 0 Å². The molecule has 0 spiro atoms. The van der Waals surface area contributed by atoms with Crippen molar-refractivity contribution in [2.45, 2.75) is 12.5 Å². The van der Waals surface area contributed by atoms with Gasteiger partial charge in [0, 0.05) is 12.6 Å². The van der Waals surface area contributed by atoms with E-state index in [-0.39, 0.29) is 12.1 Å². The van der Waals surface area contributed by atoms with Crippen LogP contribution in [0.25, 0.3) is 0 Å². The van der Waals surface area contributed by atoms with Crippen LogP contribution in [0.15, 0.2) is 24.3 Å². The number of nitrogens with one attached hydrogen (secondary N) is 1. The van der Waals surface area contributed by atoms with Crippen molar-refractivity contribution in [3.05, 3.63) is 29.8 Å². The molecule has 1 aliphatic heterocycles. The van der Waals surface area contributed by atoms with Gasteiger partial charge in [0.05, 0.1) is 11.3 Å². The van der Waals surface area contributed by atoms with Gasteiger partial charge in [-0.1, -0.05) is 12.1 Å². The SMILES string of the molecule is N#Cc1ccccc1N1CC(CCN)NC1=O. The first-order valence-corrected chi connectivity index (χ1v) is 5.53. The van der Waals surface area contributed by atoms with Crippen LogP contribution < -0.4 is 16.0 Å². The lowest BCUT2D eigenvalue weighted by atomic mass is 10.1. The smallest absolute Gasteiger partial charge is 0.322 e. The highest BCUT2D eigenvalue weighted by Gasteiger charge is 2.30. The van der Waals surface area contributed by atoms with Gasteiger partial charge in [-0.2, -0.15) is 5.26 Å². The van der Waals surface area contributed by atoms with Gasteiger partial charge >= 0.3 is 6.03 Å². The normalized spacial score (nSPS) is 18.9. The van der Waals surface area contributed by atoms with Gasteiger partial charge in [-0.3, -0.25) is 4.90 Å². The average molecular weight is 230 g/mol. The van der Waals surface area contributed by atoms with Gasteiger partial charge in [0.1, 0.15) is 6.07 Å². The summed E-state index contributed by atoms with van der Waals surface area (Å²) in [5, 5.41) is 11.9. The van der Waals surface area contributed by atoms with Gasteiger partial charge in [-0.05, 0) is 25.1 Å². The first-order valence-electron chi connectivity index (χ1n) is 5.53. The molecule has 1 unspecified atom stereocenters. The Kier molecular flexibility index (Phi) is 3.26. The molecular weight excluding hydrogens is 216 g/mol. The maximum Gasteiger partial charge on any atom is 0.322 e. The van der Waals surface area contributed by atoms with Crippen LogP contribution in [0.3, 0.4) is 0 Å². The number of benzene rings is 1. The number of nitrogens with two attached hydrogens (primary N) is 1. The Morgan fingerprint density at radius 2 is 2.29 bits per heavy atom. The quantitative estimate of drug-likeness (QED) is 0.806. The molecule has 0 saturated carbocycles. The molecule has 1 aromatic carbocycles. The van der Waals surface area contributed by atoms with Crippen LogP contribution in [0.1, 0.15) is 12.0 Å². The Labute approximate surface area is 99.8 Å². The molecule has 0 aliphatic carbocycles. The molecule has 1 saturated heterocycles. The van der Waals surface area contributed by atoms with E-state index in [0.717, 1.165) is 6.42 Å². The Hall–Kier alpha value is -2.06. The number of nitriles is 1. The van der Waals surface area contributed by atoms with E-state index < -0.39 is 0 Å². The van der Waals surface area contributed by atoms with Crippen LogP contribution in [0.5, 0.6) is 0 Å². The summed E-state index contributed by atoms with van der Waals surface area (Å²) in [5.41, 5.74) is 6.64. The maximum absolute atomic E-state index is 11.8. The Morgan fingerprint density at radius 1 is 1.53 bits per heavy atom. The van der Waals surface area contributed by atoms with E-state index >= 15 is 0 Å². The molecule has 5 nitrogen and oxygen atoms in total. The number of anilines is 1. The molecule has 1 fully saturated rings. The molecule has 1 aliphatic rings. The standard InChI is InChI=1S/C12H14N4O/c13-6-5-10-8-16(12(17)15-10)11-4-2-1-3-9(11)7-14/h1-4,10H,5-6,8,13H2,(H,15,17). The molecule has 1 aromatic rings. The second-order valence-electron chi connectivity index (χ2n) is 3.96. The van der Waals surface area contributed by atoms with Crippen LogP contribution in [0, 0.1) is 11.3 Å². The lowest BCUT2D eigenvalue weighted by Crippen LogP contribution is -2.29. The summed E-state index contributed by atoms with van der Waals surface area (Å²) < 4.78 is 0. The summed E-state index contributed by atoms with van der Waals surface area (Å²) in [6.07, 6.45) is 0.747. The van der Waals surface area contributed by atoms with Crippen molar-refractivity contribution in [3.8, 4) is 6.07 Å². The third-order valence-corrected chi connectivity index (χ3v) is 2.81. The number of carbonyl (C=O) groups excluding carboxylic acids is 1. The predicted octanol–water partition coefficient (Wildman–Crippen LogP) is 0.805. The van der Waals surface area contributed by atoms with Crippen molar-refractivity contribution in [2.75, 3.05) is 18.0 Å². The third kappa shape index (κ3) is 2.22. The zero-order valence-electron chi connectivity index (χ0n) is 9.39. The van der Waals surface area contributed by atoms with E-state index in [1.807, 2.05) is 6.07 Å². The highest BCUT2D eigenvalue weighted by molar-refractivity contribution is 5.95. The third-order valence-electron chi connectivity index (χ3n) is 2.81. The summed E-state index contributed by atoms with van der Waals surface area (Å²) in [7, 11) is 0. The van der Waals surface area contributed by atoms with E-state index in [1.165, 1.54) is 0 Å². The lowest BCUT2D eigenvalue weighted by Gasteiger charge is -2.15. The van der Waals surface area contributed by atoms with Crippen LogP contribution in [0.2, 0.25) is 0 Å². The first-order chi connectivity index (χ1) is 8.26. The number of nitrogens with zero attached hydrogens (tertiary/aromatic N) is 2. The summed E-state index contributed by atoms with van der Waals surface area (Å²) >= 11 is 0. The molecule has 0 aromatic heterocycles. The van der Waals surface area contributed by atoms with E-state index in [9.17, 15) is 4.79 Å². The predicted molar refractivity (Wildman–Crippen MR) is 64.5 cm³/mol. The number of hydrogen-bond donors (Lipinski definition) is 2. The van der Waals surface area contributed by atoms with E-state index in [4.69, 9.17) is 11.0 Å². The van der Waals surface area contributed by atoms with Crippen LogP contribution in [-0.4, -0.2) is 25.2 Å². The van der Waals surface area contributed by atoms with Gasteiger partial charge in [-0.25, -0.2) is 4.79 Å². The Morgan fingerprint density at radius 3 is 3.00 bits per heavy atom. The largest absolute Gasteiger partial charge is 0.333 e. The number of para-hydroxylation sites is 1. The van der Waals surface area contributed by atoms with E-state index in [0.29, 0.717) is 24.3 Å². The second-order valence-corrected chi connectivity index (χ2v) is 3.96. The number of urea groups is 1.